The van der Waals surface area contributed by atoms with E-state index in [1.54, 1.807) is 0 Å². The molecule has 0 amide bonds. The van der Waals surface area contributed by atoms with E-state index in [1.807, 2.05) is 60.7 Å². The summed E-state index contributed by atoms with van der Waals surface area (Å²) in [7, 11) is 4.31. The maximum Gasteiger partial charge on any atom is 0.351 e. The first-order valence-corrected chi connectivity index (χ1v) is 11.8. The van der Waals surface area contributed by atoms with Crippen LogP contribution in [-0.2, 0) is 29.4 Å². The third kappa shape index (κ3) is 7.83. The molecule has 0 bridgehead atoms. The molecule has 39 heavy (non-hydrogen) atoms. The highest BCUT2D eigenvalue weighted by atomic mass is 17.1. The predicted octanol–water partition coefficient (Wildman–Crippen LogP) is 2.40. The van der Waals surface area contributed by atoms with Crippen molar-refractivity contribution in [3.63, 3.8) is 0 Å². The average molecular weight is 546 g/mol. The average Bonchev–Trinajstić information content (AvgIpc) is 2.97. The number of rotatable bonds is 16. The quantitative estimate of drug-likeness (QED) is 0.154. The summed E-state index contributed by atoms with van der Waals surface area (Å²) in [6.07, 6.45) is -1.44. The third-order valence-electron chi connectivity index (χ3n) is 5.52. The van der Waals surface area contributed by atoms with Gasteiger partial charge in [-0.2, -0.15) is 9.97 Å². The number of hydrogen-bond donors (Lipinski definition) is 2. The van der Waals surface area contributed by atoms with Gasteiger partial charge in [-0.1, -0.05) is 60.7 Å². The summed E-state index contributed by atoms with van der Waals surface area (Å²) < 4.78 is 33.5. The third-order valence-corrected chi connectivity index (χ3v) is 5.52. The van der Waals surface area contributed by atoms with E-state index < -0.39 is 23.1 Å². The number of nitrogens with zero attached hydrogens (tertiary/aromatic N) is 3. The van der Waals surface area contributed by atoms with E-state index >= 15 is 0 Å². The molecular weight excluding hydrogens is 514 g/mol. The summed E-state index contributed by atoms with van der Waals surface area (Å²) in [6.45, 7) is -0.260. The zero-order valence-electron chi connectivity index (χ0n) is 21.8. The van der Waals surface area contributed by atoms with Crippen LogP contribution in [0.25, 0.3) is 0 Å². The van der Waals surface area contributed by atoms with Gasteiger partial charge in [-0.3, -0.25) is 10.4 Å². The predicted molar refractivity (Wildman–Crippen MR) is 133 cm³/mol. The first-order valence-electron chi connectivity index (χ1n) is 11.8. The number of esters is 1. The van der Waals surface area contributed by atoms with Gasteiger partial charge in [-0.15, -0.1) is 0 Å². The molecule has 0 aliphatic carbocycles. The Balaban J connectivity index is 1.97. The highest BCUT2D eigenvalue weighted by molar-refractivity contribution is 5.78. The van der Waals surface area contributed by atoms with Crippen LogP contribution in [0.3, 0.4) is 0 Å². The summed E-state index contributed by atoms with van der Waals surface area (Å²) in [5.41, 5.74) is -0.261. The zero-order chi connectivity index (χ0) is 28.1. The normalized spacial score (nSPS) is 12.2. The van der Waals surface area contributed by atoms with Crippen molar-refractivity contribution < 1.29 is 48.5 Å². The summed E-state index contributed by atoms with van der Waals surface area (Å²) in [5.74, 6) is -0.468. The van der Waals surface area contributed by atoms with Crippen LogP contribution in [-0.4, -0.2) is 85.6 Å². The van der Waals surface area contributed by atoms with Gasteiger partial charge in [0.15, 0.2) is 5.60 Å². The molecule has 13 heteroatoms. The van der Waals surface area contributed by atoms with Crippen molar-refractivity contribution in [1.82, 2.24) is 15.4 Å². The second-order valence-corrected chi connectivity index (χ2v) is 7.77. The van der Waals surface area contributed by atoms with Crippen LogP contribution in [0.1, 0.15) is 11.1 Å². The Morgan fingerprint density at radius 2 is 1.38 bits per heavy atom. The fourth-order valence-electron chi connectivity index (χ4n) is 3.79. The van der Waals surface area contributed by atoms with E-state index in [9.17, 15) is 4.79 Å². The fraction of sp³-hybridized carbons (Fsp3) is 0.346. The first-order chi connectivity index (χ1) is 18.9. The molecule has 0 saturated carbocycles. The van der Waals surface area contributed by atoms with Crippen molar-refractivity contribution in [2.24, 2.45) is 0 Å². The lowest BCUT2D eigenvalue weighted by Gasteiger charge is -2.38. The van der Waals surface area contributed by atoms with Crippen molar-refractivity contribution in [2.45, 2.75) is 11.7 Å². The van der Waals surface area contributed by atoms with Gasteiger partial charge in [-0.05, 0) is 11.1 Å². The Kier molecular flexibility index (Phi) is 11.4. The molecule has 0 spiro atoms. The SMILES string of the molecule is COc1cc(OC)nc(O[C@H](C(=O)OCCOCCON(O)O)C(OC)(c2ccccc2)c2ccccc2)n1. The molecule has 0 saturated heterocycles. The van der Waals surface area contributed by atoms with Crippen molar-refractivity contribution >= 4 is 5.97 Å². The number of carbonyl (C=O) groups excluding carboxylic acids is 1. The molecule has 2 N–H and O–H groups in total. The van der Waals surface area contributed by atoms with Gasteiger partial charge < -0.3 is 28.4 Å². The highest BCUT2D eigenvalue weighted by Gasteiger charge is 2.50. The number of hydrogen-bond acceptors (Lipinski definition) is 13. The van der Waals surface area contributed by atoms with Crippen LogP contribution < -0.4 is 14.2 Å². The summed E-state index contributed by atoms with van der Waals surface area (Å²) in [4.78, 5) is 26.5. The minimum Gasteiger partial charge on any atom is -0.481 e. The number of aromatic nitrogens is 2. The maximum absolute atomic E-state index is 13.7. The summed E-state index contributed by atoms with van der Waals surface area (Å²) in [6, 6.07) is 19.4. The van der Waals surface area contributed by atoms with Gasteiger partial charge in [0.1, 0.15) is 6.61 Å². The molecule has 1 aromatic heterocycles. The van der Waals surface area contributed by atoms with Crippen molar-refractivity contribution in [2.75, 3.05) is 47.8 Å². The molecule has 0 aliphatic heterocycles. The van der Waals surface area contributed by atoms with E-state index in [0.29, 0.717) is 11.1 Å². The highest BCUT2D eigenvalue weighted by Crippen LogP contribution is 2.39. The van der Waals surface area contributed by atoms with Crippen LogP contribution in [0, 0.1) is 0 Å². The Hall–Kier alpha value is -3.85. The Morgan fingerprint density at radius 1 is 0.846 bits per heavy atom. The van der Waals surface area contributed by atoms with Gasteiger partial charge in [0.05, 0.1) is 45.5 Å². The van der Waals surface area contributed by atoms with Gasteiger partial charge in [0.2, 0.25) is 17.9 Å². The maximum atomic E-state index is 13.7. The van der Waals surface area contributed by atoms with Crippen molar-refractivity contribution in [3.8, 4) is 17.8 Å². The Labute approximate surface area is 225 Å². The Bertz CT molecular complexity index is 1090. The van der Waals surface area contributed by atoms with Gasteiger partial charge in [-0.25, -0.2) is 9.63 Å². The molecule has 210 valence electrons. The largest absolute Gasteiger partial charge is 0.481 e. The smallest absolute Gasteiger partial charge is 0.351 e. The number of benzene rings is 2. The van der Waals surface area contributed by atoms with Crippen molar-refractivity contribution in [1.29, 1.82) is 0 Å². The van der Waals surface area contributed by atoms with E-state index in [0.717, 1.165) is 0 Å². The van der Waals surface area contributed by atoms with Crippen LogP contribution in [0.4, 0.5) is 0 Å². The minimum atomic E-state index is -1.49. The summed E-state index contributed by atoms with van der Waals surface area (Å²) >= 11 is 0. The summed E-state index contributed by atoms with van der Waals surface area (Å²) in [5, 5.41) is 16.7. The zero-order valence-corrected chi connectivity index (χ0v) is 21.8. The lowest BCUT2D eigenvalue weighted by molar-refractivity contribution is -0.493. The van der Waals surface area contributed by atoms with Crippen LogP contribution in [0.2, 0.25) is 0 Å². The number of carbonyl (C=O) groups is 1. The second kappa shape index (κ2) is 14.9. The number of ether oxygens (including phenoxy) is 6. The molecule has 1 heterocycles. The molecule has 0 fully saturated rings. The van der Waals surface area contributed by atoms with Crippen LogP contribution in [0.5, 0.6) is 17.8 Å². The molecule has 0 unspecified atom stereocenters. The Morgan fingerprint density at radius 3 is 1.87 bits per heavy atom. The molecule has 2 aromatic carbocycles. The fourth-order valence-corrected chi connectivity index (χ4v) is 3.79. The van der Waals surface area contributed by atoms with E-state index in [2.05, 4.69) is 14.8 Å². The van der Waals surface area contributed by atoms with E-state index in [1.165, 1.54) is 27.4 Å². The second-order valence-electron chi connectivity index (χ2n) is 7.77. The van der Waals surface area contributed by atoms with Crippen LogP contribution in [0.15, 0.2) is 66.7 Å². The van der Waals surface area contributed by atoms with Gasteiger partial charge in [0.25, 0.3) is 0 Å². The molecule has 3 aromatic rings. The monoisotopic (exact) mass is 545 g/mol. The molecule has 1 atom stereocenters. The molecule has 0 radical (unpaired) electrons. The molecule has 0 aliphatic rings. The molecule has 3 rings (SSSR count). The molecular formula is C26H31N3O10. The van der Waals surface area contributed by atoms with E-state index in [4.69, 9.17) is 38.8 Å². The number of methoxy groups -OCH3 is 3. The lowest BCUT2D eigenvalue weighted by Crippen LogP contribution is -2.51. The van der Waals surface area contributed by atoms with Gasteiger partial charge >= 0.3 is 12.0 Å². The first kappa shape index (κ1) is 29.7. The van der Waals surface area contributed by atoms with Gasteiger partial charge in [0, 0.05) is 7.11 Å². The van der Waals surface area contributed by atoms with E-state index in [-0.39, 0.29) is 44.2 Å². The minimum absolute atomic E-state index is 0.00117. The topological polar surface area (TPSA) is 151 Å². The standard InChI is InChI=1S/C26H31N3O10/c1-33-21-18-22(34-2)28-25(27-21)39-23(24(30)37-16-14-36-15-17-38-29(31)32)26(35-3,19-10-6-4-7-11-19)20-12-8-5-9-13-20/h4-13,18,23,31-32H,14-17H2,1-3H3/t23-/m1/s1. The van der Waals surface area contributed by atoms with Crippen LogP contribution >= 0.6 is 0 Å². The van der Waals surface area contributed by atoms with Crippen molar-refractivity contribution in [3.05, 3.63) is 77.9 Å². The lowest BCUT2D eigenvalue weighted by atomic mass is 9.81. The molecule has 13 nitrogen and oxygen atoms in total.